The van der Waals surface area contributed by atoms with Crippen LogP contribution >= 0.6 is 0 Å². The zero-order valence-corrected chi connectivity index (χ0v) is 15.1. The lowest BCUT2D eigenvalue weighted by Gasteiger charge is -2.13. The van der Waals surface area contributed by atoms with Gasteiger partial charge in [-0.2, -0.15) is 5.26 Å². The van der Waals surface area contributed by atoms with E-state index < -0.39 is 10.5 Å². The zero-order valence-electron chi connectivity index (χ0n) is 15.1. The van der Waals surface area contributed by atoms with E-state index in [2.05, 4.69) is 4.98 Å². The molecule has 28 heavy (non-hydrogen) atoms. The lowest BCUT2D eigenvalue weighted by molar-refractivity contribution is -0.384. The van der Waals surface area contributed by atoms with Crippen molar-refractivity contribution in [2.24, 2.45) is 0 Å². The molecule has 0 bridgehead atoms. The summed E-state index contributed by atoms with van der Waals surface area (Å²) < 4.78 is 11.1. The number of H-pyrrole nitrogens is 1. The van der Waals surface area contributed by atoms with Gasteiger partial charge in [0.25, 0.3) is 11.2 Å². The van der Waals surface area contributed by atoms with Crippen LogP contribution in [0.2, 0.25) is 0 Å². The highest BCUT2D eigenvalue weighted by Gasteiger charge is 2.14. The molecule has 2 aromatic carbocycles. The number of pyridine rings is 1. The van der Waals surface area contributed by atoms with Crippen LogP contribution in [0.15, 0.2) is 53.3 Å². The molecule has 1 aromatic heterocycles. The van der Waals surface area contributed by atoms with E-state index in [0.717, 1.165) is 0 Å². The summed E-state index contributed by atoms with van der Waals surface area (Å²) in [4.78, 5) is 24.9. The van der Waals surface area contributed by atoms with E-state index in [1.807, 2.05) is 6.07 Å². The molecule has 0 aliphatic heterocycles. The fraction of sp³-hybridized carbons (Fsp3) is 0.100. The molecule has 0 saturated carbocycles. The van der Waals surface area contributed by atoms with Gasteiger partial charge in [-0.15, -0.1) is 0 Å². The number of aromatic amines is 1. The van der Waals surface area contributed by atoms with Crippen molar-refractivity contribution < 1.29 is 14.4 Å². The Balaban J connectivity index is 1.99. The third kappa shape index (κ3) is 3.68. The summed E-state index contributed by atoms with van der Waals surface area (Å²) in [5.74, 6) is 1.18. The second-order valence-electron chi connectivity index (χ2n) is 5.90. The first kappa shape index (κ1) is 18.7. The molecular weight excluding hydrogens is 362 g/mol. The summed E-state index contributed by atoms with van der Waals surface area (Å²) >= 11 is 0. The molecule has 0 saturated heterocycles. The van der Waals surface area contributed by atoms with Gasteiger partial charge in [-0.1, -0.05) is 6.07 Å². The number of methoxy groups -OCH3 is 1. The molecule has 3 rings (SSSR count). The summed E-state index contributed by atoms with van der Waals surface area (Å²) in [7, 11) is 1.47. The molecule has 1 heterocycles. The Morgan fingerprint density at radius 1 is 1.11 bits per heavy atom. The normalized spacial score (nSPS) is 10.2. The predicted molar refractivity (Wildman–Crippen MR) is 102 cm³/mol. The Morgan fingerprint density at radius 3 is 2.43 bits per heavy atom. The number of benzene rings is 2. The van der Waals surface area contributed by atoms with Crippen molar-refractivity contribution in [1.29, 1.82) is 5.26 Å². The first-order chi connectivity index (χ1) is 13.4. The van der Waals surface area contributed by atoms with Crippen LogP contribution in [-0.4, -0.2) is 17.0 Å². The number of nitrogens with one attached hydrogen (secondary N) is 1. The Bertz CT molecular complexity index is 1140. The first-order valence-electron chi connectivity index (χ1n) is 8.17. The summed E-state index contributed by atoms with van der Waals surface area (Å²) in [6.45, 7) is 1.73. The van der Waals surface area contributed by atoms with E-state index in [1.54, 1.807) is 31.2 Å². The number of rotatable bonds is 5. The lowest BCUT2D eigenvalue weighted by Crippen LogP contribution is -2.12. The van der Waals surface area contributed by atoms with Crippen molar-refractivity contribution >= 4 is 5.69 Å². The predicted octanol–water partition coefficient (Wildman–Crippen LogP) is 3.93. The number of nitriles is 1. The molecule has 8 heteroatoms. The van der Waals surface area contributed by atoms with Crippen LogP contribution in [0.5, 0.6) is 17.2 Å². The molecule has 1 N–H and O–H groups in total. The van der Waals surface area contributed by atoms with Gasteiger partial charge in [0.1, 0.15) is 17.4 Å². The lowest BCUT2D eigenvalue weighted by atomic mass is 10.0. The van der Waals surface area contributed by atoms with Crippen LogP contribution in [-0.2, 0) is 0 Å². The second-order valence-corrected chi connectivity index (χ2v) is 5.90. The molecule has 0 unspecified atom stereocenters. The smallest absolute Gasteiger partial charge is 0.269 e. The van der Waals surface area contributed by atoms with Crippen molar-refractivity contribution in [2.75, 3.05) is 7.11 Å². The first-order valence-corrected chi connectivity index (χ1v) is 8.17. The van der Waals surface area contributed by atoms with Crippen molar-refractivity contribution in [1.82, 2.24) is 4.98 Å². The average molecular weight is 377 g/mol. The van der Waals surface area contributed by atoms with Gasteiger partial charge in [-0.3, -0.25) is 14.9 Å². The Morgan fingerprint density at radius 2 is 1.82 bits per heavy atom. The van der Waals surface area contributed by atoms with Gasteiger partial charge in [-0.05, 0) is 42.8 Å². The summed E-state index contributed by atoms with van der Waals surface area (Å²) in [5.41, 5.74) is 1.26. The molecule has 0 aliphatic rings. The number of hydrogen-bond acceptors (Lipinski definition) is 6. The number of nitro benzene ring substituents is 1. The summed E-state index contributed by atoms with van der Waals surface area (Å²) in [6, 6.07) is 14.3. The minimum atomic E-state index is -0.491. The molecule has 8 nitrogen and oxygen atoms in total. The third-order valence-electron chi connectivity index (χ3n) is 4.03. The average Bonchev–Trinajstić information content (AvgIpc) is 2.68. The van der Waals surface area contributed by atoms with E-state index in [-0.39, 0.29) is 11.3 Å². The Labute approximate surface area is 159 Å². The minimum Gasteiger partial charge on any atom is -0.493 e. The Kier molecular flexibility index (Phi) is 5.09. The largest absolute Gasteiger partial charge is 0.493 e. The molecule has 0 aliphatic carbocycles. The van der Waals surface area contributed by atoms with E-state index in [0.29, 0.717) is 34.1 Å². The maximum Gasteiger partial charge on any atom is 0.269 e. The number of aromatic nitrogens is 1. The van der Waals surface area contributed by atoms with Crippen molar-refractivity contribution in [2.45, 2.75) is 6.92 Å². The van der Waals surface area contributed by atoms with E-state index in [9.17, 15) is 20.2 Å². The highest BCUT2D eigenvalue weighted by Crippen LogP contribution is 2.36. The van der Waals surface area contributed by atoms with Crippen molar-refractivity contribution in [3.63, 3.8) is 0 Å². The molecule has 0 atom stereocenters. The van der Waals surface area contributed by atoms with E-state index in [1.165, 1.54) is 31.4 Å². The van der Waals surface area contributed by atoms with Gasteiger partial charge in [0.2, 0.25) is 0 Å². The number of ether oxygens (including phenoxy) is 2. The van der Waals surface area contributed by atoms with E-state index in [4.69, 9.17) is 9.47 Å². The highest BCUT2D eigenvalue weighted by molar-refractivity contribution is 5.72. The number of nitrogens with zero attached hydrogens (tertiary/aromatic N) is 2. The standard InChI is InChI=1S/C20H15N3O5/c1-12-9-16(17(11-21)20(24)22-12)13-3-8-18(19(10-13)27-2)28-15-6-4-14(5-7-15)23(25)26/h3-10H,1-2H3,(H,22,24). The van der Waals surface area contributed by atoms with Gasteiger partial charge in [0, 0.05) is 23.4 Å². The SMILES string of the molecule is COc1cc(-c2cc(C)[nH]c(=O)c2C#N)ccc1Oc1ccc([N+](=O)[O-])cc1. The molecule has 0 fully saturated rings. The molecule has 140 valence electrons. The monoisotopic (exact) mass is 377 g/mol. The van der Waals surface area contributed by atoms with Crippen LogP contribution in [0.25, 0.3) is 11.1 Å². The third-order valence-corrected chi connectivity index (χ3v) is 4.03. The fourth-order valence-electron chi connectivity index (χ4n) is 2.71. The van der Waals surface area contributed by atoms with Crippen LogP contribution < -0.4 is 15.0 Å². The maximum absolute atomic E-state index is 12.0. The zero-order chi connectivity index (χ0) is 20.3. The molecule has 0 spiro atoms. The van der Waals surface area contributed by atoms with Crippen LogP contribution in [0.4, 0.5) is 5.69 Å². The molecule has 0 radical (unpaired) electrons. The van der Waals surface area contributed by atoms with Gasteiger partial charge < -0.3 is 14.5 Å². The quantitative estimate of drug-likeness (QED) is 0.531. The topological polar surface area (TPSA) is 118 Å². The van der Waals surface area contributed by atoms with Gasteiger partial charge in [-0.25, -0.2) is 0 Å². The van der Waals surface area contributed by atoms with E-state index >= 15 is 0 Å². The molecule has 3 aromatic rings. The number of hydrogen-bond donors (Lipinski definition) is 1. The number of non-ortho nitro benzene ring substituents is 1. The fourth-order valence-corrected chi connectivity index (χ4v) is 2.71. The van der Waals surface area contributed by atoms with Crippen molar-refractivity contribution in [3.05, 3.63) is 80.3 Å². The minimum absolute atomic E-state index is 0.0108. The van der Waals surface area contributed by atoms with Crippen molar-refractivity contribution in [3.8, 4) is 34.4 Å². The van der Waals surface area contributed by atoms with Gasteiger partial charge in [0.15, 0.2) is 11.5 Å². The molecular formula is C20H15N3O5. The van der Waals surface area contributed by atoms with Crippen LogP contribution in [0.3, 0.4) is 0 Å². The summed E-state index contributed by atoms with van der Waals surface area (Å²) in [5, 5.41) is 20.1. The second kappa shape index (κ2) is 7.63. The summed E-state index contributed by atoms with van der Waals surface area (Å²) in [6.07, 6.45) is 0. The Hall–Kier alpha value is -4.12. The number of aryl methyl sites for hydroxylation is 1. The van der Waals surface area contributed by atoms with Gasteiger partial charge in [0.05, 0.1) is 12.0 Å². The van der Waals surface area contributed by atoms with Gasteiger partial charge >= 0.3 is 0 Å². The maximum atomic E-state index is 12.0. The highest BCUT2D eigenvalue weighted by atomic mass is 16.6. The number of nitro groups is 1. The molecule has 0 amide bonds. The van der Waals surface area contributed by atoms with Crippen LogP contribution in [0.1, 0.15) is 11.3 Å². The van der Waals surface area contributed by atoms with Crippen LogP contribution in [0, 0.1) is 28.4 Å².